The first kappa shape index (κ1) is 13.9. The highest BCUT2D eigenvalue weighted by Gasteiger charge is 2.52. The van der Waals surface area contributed by atoms with Gasteiger partial charge < -0.3 is 14.7 Å². The Morgan fingerprint density at radius 1 is 1.33 bits per heavy atom. The molecule has 0 saturated carbocycles. The van der Waals surface area contributed by atoms with Crippen LogP contribution >= 0.6 is 0 Å². The van der Waals surface area contributed by atoms with Crippen LogP contribution in [0.4, 0.5) is 10.5 Å². The number of hydrogen-bond acceptors (Lipinski definition) is 3. The summed E-state index contributed by atoms with van der Waals surface area (Å²) in [6.45, 7) is 1.89. The lowest BCUT2D eigenvalue weighted by Gasteiger charge is -2.25. The van der Waals surface area contributed by atoms with Gasteiger partial charge in [0.25, 0.3) is 0 Å². The Kier molecular flexibility index (Phi) is 3.15. The van der Waals surface area contributed by atoms with Crippen molar-refractivity contribution in [2.24, 2.45) is 12.5 Å². The van der Waals surface area contributed by atoms with E-state index < -0.39 is 5.41 Å². The van der Waals surface area contributed by atoms with Crippen LogP contribution in [0.1, 0.15) is 12.8 Å². The van der Waals surface area contributed by atoms with E-state index in [9.17, 15) is 9.59 Å². The van der Waals surface area contributed by atoms with Crippen molar-refractivity contribution in [2.45, 2.75) is 12.8 Å². The van der Waals surface area contributed by atoms with Crippen molar-refractivity contribution in [1.29, 1.82) is 0 Å². The van der Waals surface area contributed by atoms with Gasteiger partial charge in [-0.2, -0.15) is 5.10 Å². The van der Waals surface area contributed by atoms with Gasteiger partial charge in [-0.15, -0.1) is 0 Å². The third-order valence-electron chi connectivity index (χ3n) is 4.52. The molecule has 2 saturated heterocycles. The molecule has 7 heteroatoms. The molecule has 2 aliphatic heterocycles. The summed E-state index contributed by atoms with van der Waals surface area (Å²) in [5, 5.41) is 4.13. The Balaban J connectivity index is 1.76. The second-order valence-electron chi connectivity index (χ2n) is 6.21. The number of amides is 3. The van der Waals surface area contributed by atoms with Crippen molar-refractivity contribution in [3.05, 3.63) is 12.4 Å². The third kappa shape index (κ3) is 2.16. The first-order valence-electron chi connectivity index (χ1n) is 7.20. The quantitative estimate of drug-likeness (QED) is 0.758. The highest BCUT2D eigenvalue weighted by molar-refractivity contribution is 6.00. The third-order valence-corrected chi connectivity index (χ3v) is 4.52. The van der Waals surface area contributed by atoms with E-state index in [0.717, 1.165) is 18.5 Å². The van der Waals surface area contributed by atoms with Crippen molar-refractivity contribution in [3.8, 4) is 0 Å². The van der Waals surface area contributed by atoms with Gasteiger partial charge in [-0.3, -0.25) is 9.48 Å². The fourth-order valence-electron chi connectivity index (χ4n) is 3.31. The summed E-state index contributed by atoms with van der Waals surface area (Å²) in [4.78, 5) is 30.0. The predicted octanol–water partition coefficient (Wildman–Crippen LogP) is 0.530. The first-order chi connectivity index (χ1) is 9.93. The zero-order chi connectivity index (χ0) is 15.2. The van der Waals surface area contributed by atoms with Crippen molar-refractivity contribution in [2.75, 3.05) is 38.6 Å². The molecule has 0 radical (unpaired) electrons. The van der Waals surface area contributed by atoms with Crippen molar-refractivity contribution in [1.82, 2.24) is 19.6 Å². The number of hydrogen-bond donors (Lipinski definition) is 0. The molecule has 7 nitrogen and oxygen atoms in total. The summed E-state index contributed by atoms with van der Waals surface area (Å²) >= 11 is 0. The van der Waals surface area contributed by atoms with E-state index in [-0.39, 0.29) is 11.9 Å². The van der Waals surface area contributed by atoms with Gasteiger partial charge in [0.15, 0.2) is 0 Å². The number of nitrogens with zero attached hydrogens (tertiary/aromatic N) is 5. The molecule has 0 aromatic carbocycles. The topological polar surface area (TPSA) is 61.7 Å². The van der Waals surface area contributed by atoms with Crippen LogP contribution < -0.4 is 4.90 Å². The van der Waals surface area contributed by atoms with E-state index in [2.05, 4.69) is 5.10 Å². The molecule has 1 spiro atoms. The smallest absolute Gasteiger partial charge is 0.319 e. The normalized spacial score (nSPS) is 25.2. The number of urea groups is 1. The maximum absolute atomic E-state index is 12.8. The minimum Gasteiger partial charge on any atom is -0.331 e. The molecule has 21 heavy (non-hydrogen) atoms. The van der Waals surface area contributed by atoms with E-state index in [1.54, 1.807) is 39.7 Å². The van der Waals surface area contributed by atoms with Gasteiger partial charge in [-0.1, -0.05) is 0 Å². The number of aromatic nitrogens is 2. The standard InChI is InChI=1S/C14H21N5O2/c1-16(2)13(21)18-6-4-14(10-18)5-7-19(12(14)20)11-8-15-17(3)9-11/h8-9H,4-7,10H2,1-3H3/t14-/m0/s1. The average Bonchev–Trinajstić information content (AvgIpc) is 3.12. The molecule has 3 rings (SSSR count). The van der Waals surface area contributed by atoms with Crippen molar-refractivity contribution < 1.29 is 9.59 Å². The van der Waals surface area contributed by atoms with E-state index in [0.29, 0.717) is 19.6 Å². The molecule has 3 heterocycles. The zero-order valence-corrected chi connectivity index (χ0v) is 12.7. The highest BCUT2D eigenvalue weighted by Crippen LogP contribution is 2.42. The van der Waals surface area contributed by atoms with Crippen LogP contribution in [0.5, 0.6) is 0 Å². The Hall–Kier alpha value is -2.05. The van der Waals surface area contributed by atoms with Gasteiger partial charge in [0.05, 0.1) is 17.3 Å². The van der Waals surface area contributed by atoms with Gasteiger partial charge in [0, 0.05) is 47.0 Å². The van der Waals surface area contributed by atoms with Crippen LogP contribution in [-0.4, -0.2) is 65.2 Å². The number of anilines is 1. The van der Waals surface area contributed by atoms with Gasteiger partial charge in [-0.05, 0) is 12.8 Å². The monoisotopic (exact) mass is 291 g/mol. The van der Waals surface area contributed by atoms with E-state index in [1.807, 2.05) is 13.2 Å². The molecule has 2 aliphatic rings. The second kappa shape index (κ2) is 4.75. The second-order valence-corrected chi connectivity index (χ2v) is 6.21. The molecular weight excluding hydrogens is 270 g/mol. The molecule has 0 unspecified atom stereocenters. The molecule has 0 bridgehead atoms. The Morgan fingerprint density at radius 2 is 2.05 bits per heavy atom. The van der Waals surface area contributed by atoms with Gasteiger partial charge in [-0.25, -0.2) is 4.79 Å². The van der Waals surface area contributed by atoms with E-state index in [4.69, 9.17) is 0 Å². The van der Waals surface area contributed by atoms with Gasteiger partial charge in [0.1, 0.15) is 0 Å². The van der Waals surface area contributed by atoms with Crippen LogP contribution in [0.25, 0.3) is 0 Å². The summed E-state index contributed by atoms with van der Waals surface area (Å²) in [7, 11) is 5.32. The minimum atomic E-state index is -0.401. The average molecular weight is 291 g/mol. The Morgan fingerprint density at radius 3 is 2.67 bits per heavy atom. The van der Waals surface area contributed by atoms with Crippen molar-refractivity contribution >= 4 is 17.6 Å². The largest absolute Gasteiger partial charge is 0.331 e. The lowest BCUT2D eigenvalue weighted by Crippen LogP contribution is -2.41. The summed E-state index contributed by atoms with van der Waals surface area (Å²) < 4.78 is 1.70. The minimum absolute atomic E-state index is 0.0143. The lowest BCUT2D eigenvalue weighted by atomic mass is 9.85. The van der Waals surface area contributed by atoms with E-state index in [1.165, 1.54) is 0 Å². The molecule has 114 valence electrons. The van der Waals surface area contributed by atoms with Crippen LogP contribution in [0.3, 0.4) is 0 Å². The molecule has 3 amide bonds. The molecule has 1 aromatic heterocycles. The van der Waals surface area contributed by atoms with Crippen LogP contribution in [0, 0.1) is 5.41 Å². The number of aryl methyl sites for hydroxylation is 1. The number of likely N-dealkylation sites (tertiary alicyclic amines) is 1. The first-order valence-corrected chi connectivity index (χ1v) is 7.20. The van der Waals surface area contributed by atoms with Crippen LogP contribution in [0.2, 0.25) is 0 Å². The summed E-state index contributed by atoms with van der Waals surface area (Å²) in [5.74, 6) is 0.129. The van der Waals surface area contributed by atoms with Crippen LogP contribution in [-0.2, 0) is 11.8 Å². The van der Waals surface area contributed by atoms with Gasteiger partial charge >= 0.3 is 6.03 Å². The number of carbonyl (C=O) groups excluding carboxylic acids is 2. The number of rotatable bonds is 1. The Labute approximate surface area is 124 Å². The zero-order valence-electron chi connectivity index (χ0n) is 12.7. The van der Waals surface area contributed by atoms with E-state index >= 15 is 0 Å². The summed E-state index contributed by atoms with van der Waals surface area (Å²) in [5.41, 5.74) is 0.443. The molecule has 1 aromatic rings. The fourth-order valence-corrected chi connectivity index (χ4v) is 3.31. The predicted molar refractivity (Wildman–Crippen MR) is 77.9 cm³/mol. The number of carbonyl (C=O) groups is 2. The summed E-state index contributed by atoms with van der Waals surface area (Å²) in [6.07, 6.45) is 5.13. The molecule has 1 atom stereocenters. The van der Waals surface area contributed by atoms with Crippen molar-refractivity contribution in [3.63, 3.8) is 0 Å². The van der Waals surface area contributed by atoms with Gasteiger partial charge in [0.2, 0.25) is 5.91 Å². The fraction of sp³-hybridized carbons (Fsp3) is 0.643. The lowest BCUT2D eigenvalue weighted by molar-refractivity contribution is -0.124. The highest BCUT2D eigenvalue weighted by atomic mass is 16.2. The maximum Gasteiger partial charge on any atom is 0.319 e. The molecular formula is C14H21N5O2. The van der Waals surface area contributed by atoms with Crippen LogP contribution in [0.15, 0.2) is 12.4 Å². The maximum atomic E-state index is 12.8. The Bertz CT molecular complexity index is 582. The SMILES string of the molecule is CN(C)C(=O)N1CC[C@]2(CCN(c3cnn(C)c3)C2=O)C1. The molecule has 0 aliphatic carbocycles. The molecule has 2 fully saturated rings. The summed E-state index contributed by atoms with van der Waals surface area (Å²) in [6, 6.07) is -0.0143. The molecule has 0 N–H and O–H groups in total.